The summed E-state index contributed by atoms with van der Waals surface area (Å²) < 4.78 is 2.93. The van der Waals surface area contributed by atoms with Crippen LogP contribution in [0.25, 0.3) is 10.2 Å². The molecule has 22 heavy (non-hydrogen) atoms. The van der Waals surface area contributed by atoms with Crippen LogP contribution in [0.15, 0.2) is 41.4 Å². The van der Waals surface area contributed by atoms with Crippen molar-refractivity contribution >= 4 is 39.1 Å². The Hall–Kier alpha value is -1.91. The van der Waals surface area contributed by atoms with Crippen LogP contribution in [0.5, 0.6) is 0 Å². The standard InChI is InChI=1S/C17H15ClN2OS/c1-10-4-5-12(8-11(10)2)16(21)19-17-20(3)14-7-6-13(18)9-15(14)22-17/h4-9H,1-3H3. The Labute approximate surface area is 137 Å². The maximum Gasteiger partial charge on any atom is 0.279 e. The average molecular weight is 331 g/mol. The first-order chi connectivity index (χ1) is 10.5. The molecule has 0 aliphatic heterocycles. The fraction of sp³-hybridized carbons (Fsp3) is 0.176. The number of carbonyl (C=O) groups is 1. The highest BCUT2D eigenvalue weighted by Crippen LogP contribution is 2.21. The fourth-order valence-corrected chi connectivity index (χ4v) is 3.53. The molecule has 2 aromatic carbocycles. The van der Waals surface area contributed by atoms with E-state index in [1.165, 1.54) is 16.9 Å². The molecule has 1 amide bonds. The van der Waals surface area contributed by atoms with Gasteiger partial charge in [-0.3, -0.25) is 4.79 Å². The maximum atomic E-state index is 12.4. The van der Waals surface area contributed by atoms with E-state index in [0.29, 0.717) is 15.4 Å². The smallest absolute Gasteiger partial charge is 0.279 e. The van der Waals surface area contributed by atoms with Crippen LogP contribution in [0, 0.1) is 13.8 Å². The Morgan fingerprint density at radius 3 is 2.64 bits per heavy atom. The minimum Gasteiger partial charge on any atom is -0.319 e. The molecule has 0 aliphatic rings. The molecule has 1 aromatic heterocycles. The average Bonchev–Trinajstić information content (AvgIpc) is 2.77. The molecule has 1 heterocycles. The molecule has 0 N–H and O–H groups in total. The third-order valence-corrected chi connectivity index (χ3v) is 5.05. The summed E-state index contributed by atoms with van der Waals surface area (Å²) in [5.41, 5.74) is 3.88. The van der Waals surface area contributed by atoms with Crippen molar-refractivity contribution in [1.82, 2.24) is 4.57 Å². The lowest BCUT2D eigenvalue weighted by Crippen LogP contribution is -2.13. The molecule has 0 aliphatic carbocycles. The second-order valence-corrected chi connectivity index (χ2v) is 6.72. The first-order valence-electron chi connectivity index (χ1n) is 6.87. The highest BCUT2D eigenvalue weighted by molar-refractivity contribution is 7.16. The van der Waals surface area contributed by atoms with Crippen molar-refractivity contribution in [2.24, 2.45) is 12.0 Å². The summed E-state index contributed by atoms with van der Waals surface area (Å²) in [5, 5.41) is 0.682. The first kappa shape index (κ1) is 15.0. The largest absolute Gasteiger partial charge is 0.319 e. The number of thiazole rings is 1. The zero-order valence-corrected chi connectivity index (χ0v) is 14.1. The molecular formula is C17H15ClN2OS. The first-order valence-corrected chi connectivity index (χ1v) is 8.06. The SMILES string of the molecule is Cc1ccc(C(=O)N=c2sc3cc(Cl)ccc3n2C)cc1C. The lowest BCUT2D eigenvalue weighted by molar-refractivity contribution is 0.0998. The van der Waals surface area contributed by atoms with E-state index in [4.69, 9.17) is 11.6 Å². The molecule has 0 fully saturated rings. The molecule has 112 valence electrons. The van der Waals surface area contributed by atoms with Crippen LogP contribution in [0.4, 0.5) is 0 Å². The van der Waals surface area contributed by atoms with Crippen LogP contribution >= 0.6 is 22.9 Å². The number of rotatable bonds is 1. The number of nitrogens with zero attached hydrogens (tertiary/aromatic N) is 2. The number of aromatic nitrogens is 1. The van der Waals surface area contributed by atoms with Gasteiger partial charge >= 0.3 is 0 Å². The summed E-state index contributed by atoms with van der Waals surface area (Å²) in [5.74, 6) is -0.226. The van der Waals surface area contributed by atoms with Crippen LogP contribution < -0.4 is 4.80 Å². The molecule has 3 rings (SSSR count). The van der Waals surface area contributed by atoms with Crippen molar-refractivity contribution in [3.05, 3.63) is 62.9 Å². The monoisotopic (exact) mass is 330 g/mol. The Morgan fingerprint density at radius 2 is 1.91 bits per heavy atom. The summed E-state index contributed by atoms with van der Waals surface area (Å²) in [6.45, 7) is 4.02. The van der Waals surface area contributed by atoms with Gasteiger partial charge in [-0.05, 0) is 55.3 Å². The van der Waals surface area contributed by atoms with Gasteiger partial charge in [-0.15, -0.1) is 0 Å². The van der Waals surface area contributed by atoms with Crippen LogP contribution in [0.3, 0.4) is 0 Å². The number of aryl methyl sites for hydroxylation is 3. The van der Waals surface area contributed by atoms with E-state index < -0.39 is 0 Å². The molecule has 0 unspecified atom stereocenters. The molecule has 0 bridgehead atoms. The molecule has 0 radical (unpaired) electrons. The molecule has 5 heteroatoms. The Kier molecular flexibility index (Phi) is 3.89. The van der Waals surface area contributed by atoms with Gasteiger partial charge in [-0.1, -0.05) is 29.0 Å². The molecule has 0 spiro atoms. The predicted octanol–water partition coefficient (Wildman–Crippen LogP) is 4.25. The summed E-state index contributed by atoms with van der Waals surface area (Å²) >= 11 is 7.47. The van der Waals surface area contributed by atoms with Crippen molar-refractivity contribution in [2.45, 2.75) is 13.8 Å². The minimum absolute atomic E-state index is 0.226. The van der Waals surface area contributed by atoms with Crippen molar-refractivity contribution in [3.8, 4) is 0 Å². The van der Waals surface area contributed by atoms with Gasteiger partial charge in [0, 0.05) is 17.6 Å². The fourth-order valence-electron chi connectivity index (χ4n) is 2.24. The van der Waals surface area contributed by atoms with Crippen molar-refractivity contribution in [1.29, 1.82) is 0 Å². The van der Waals surface area contributed by atoms with Gasteiger partial charge in [0.2, 0.25) is 0 Å². The van der Waals surface area contributed by atoms with E-state index in [1.54, 1.807) is 0 Å². The van der Waals surface area contributed by atoms with E-state index in [-0.39, 0.29) is 5.91 Å². The maximum absolute atomic E-state index is 12.4. The van der Waals surface area contributed by atoms with E-state index in [2.05, 4.69) is 4.99 Å². The van der Waals surface area contributed by atoms with Crippen molar-refractivity contribution < 1.29 is 4.79 Å². The number of halogens is 1. The number of hydrogen-bond acceptors (Lipinski definition) is 2. The third-order valence-electron chi connectivity index (χ3n) is 3.72. The van der Waals surface area contributed by atoms with Gasteiger partial charge in [-0.2, -0.15) is 4.99 Å². The van der Waals surface area contributed by atoms with Gasteiger partial charge in [0.05, 0.1) is 10.2 Å². The molecule has 3 aromatic rings. The van der Waals surface area contributed by atoms with Gasteiger partial charge in [-0.25, -0.2) is 0 Å². The number of hydrogen-bond donors (Lipinski definition) is 0. The van der Waals surface area contributed by atoms with E-state index in [1.807, 2.05) is 61.9 Å². The number of carbonyl (C=O) groups excluding carboxylic acids is 1. The highest BCUT2D eigenvalue weighted by atomic mass is 35.5. The third kappa shape index (κ3) is 2.72. The number of amides is 1. The predicted molar refractivity (Wildman–Crippen MR) is 91.6 cm³/mol. The zero-order valence-electron chi connectivity index (χ0n) is 12.6. The summed E-state index contributed by atoms with van der Waals surface area (Å²) in [4.78, 5) is 17.3. The van der Waals surface area contributed by atoms with Gasteiger partial charge in [0.1, 0.15) is 0 Å². The summed E-state index contributed by atoms with van der Waals surface area (Å²) in [7, 11) is 1.90. The molecule has 0 atom stereocenters. The quantitative estimate of drug-likeness (QED) is 0.656. The Bertz CT molecular complexity index is 953. The number of fused-ring (bicyclic) bond motifs is 1. The molecular weight excluding hydrogens is 316 g/mol. The van der Waals surface area contributed by atoms with Crippen LogP contribution in [0.2, 0.25) is 5.02 Å². The molecule has 3 nitrogen and oxygen atoms in total. The highest BCUT2D eigenvalue weighted by Gasteiger charge is 2.08. The second kappa shape index (κ2) is 5.71. The topological polar surface area (TPSA) is 34.4 Å². The Balaban J connectivity index is 2.09. The minimum atomic E-state index is -0.226. The van der Waals surface area contributed by atoms with E-state index >= 15 is 0 Å². The summed E-state index contributed by atoms with van der Waals surface area (Å²) in [6, 6.07) is 11.3. The molecule has 0 saturated heterocycles. The van der Waals surface area contributed by atoms with Crippen molar-refractivity contribution in [3.63, 3.8) is 0 Å². The van der Waals surface area contributed by atoms with Gasteiger partial charge in [0.15, 0.2) is 4.80 Å². The van der Waals surface area contributed by atoms with Crippen LogP contribution in [-0.4, -0.2) is 10.5 Å². The number of benzene rings is 2. The van der Waals surface area contributed by atoms with E-state index in [0.717, 1.165) is 15.8 Å². The lowest BCUT2D eigenvalue weighted by atomic mass is 10.1. The zero-order chi connectivity index (χ0) is 15.9. The molecule has 0 saturated carbocycles. The normalized spacial score (nSPS) is 12.1. The van der Waals surface area contributed by atoms with Gasteiger partial charge < -0.3 is 4.57 Å². The summed E-state index contributed by atoms with van der Waals surface area (Å²) in [6.07, 6.45) is 0. The van der Waals surface area contributed by atoms with E-state index in [9.17, 15) is 4.79 Å². The second-order valence-electron chi connectivity index (χ2n) is 5.27. The van der Waals surface area contributed by atoms with Gasteiger partial charge in [0.25, 0.3) is 5.91 Å². The Morgan fingerprint density at radius 1 is 1.14 bits per heavy atom. The van der Waals surface area contributed by atoms with Crippen LogP contribution in [-0.2, 0) is 7.05 Å². The lowest BCUT2D eigenvalue weighted by Gasteiger charge is -2.01. The van der Waals surface area contributed by atoms with Crippen LogP contribution in [0.1, 0.15) is 21.5 Å². The van der Waals surface area contributed by atoms with Crippen molar-refractivity contribution in [2.75, 3.05) is 0 Å².